The van der Waals surface area contributed by atoms with E-state index in [-0.39, 0.29) is 23.5 Å². The summed E-state index contributed by atoms with van der Waals surface area (Å²) in [6.45, 7) is 1.91. The fourth-order valence-corrected chi connectivity index (χ4v) is 2.83. The molecule has 2 amide bonds. The Kier molecular flexibility index (Phi) is 4.07. The number of carbonyl (C=O) groups is 3. The number of aromatic carboxylic acids is 1. The lowest BCUT2D eigenvalue weighted by molar-refractivity contribution is -0.118. The van der Waals surface area contributed by atoms with Gasteiger partial charge in [-0.15, -0.1) is 0 Å². The van der Waals surface area contributed by atoms with Crippen molar-refractivity contribution < 1.29 is 23.9 Å². The molecule has 1 aromatic heterocycles. The Labute approximate surface area is 137 Å². The van der Waals surface area contributed by atoms with Gasteiger partial charge in [-0.2, -0.15) is 0 Å². The summed E-state index contributed by atoms with van der Waals surface area (Å²) in [5, 5.41) is 11.4. The molecule has 7 heteroatoms. The molecule has 3 rings (SSSR count). The fourth-order valence-electron chi connectivity index (χ4n) is 2.83. The maximum atomic E-state index is 12.6. The number of carbonyl (C=O) groups excluding carboxylic acids is 2. The van der Waals surface area contributed by atoms with Gasteiger partial charge < -0.3 is 19.7 Å². The van der Waals surface area contributed by atoms with E-state index < -0.39 is 17.9 Å². The van der Waals surface area contributed by atoms with Crippen LogP contribution in [-0.4, -0.2) is 35.0 Å². The van der Waals surface area contributed by atoms with Gasteiger partial charge in [0.25, 0.3) is 5.91 Å². The fraction of sp³-hybridized carbons (Fsp3) is 0.235. The number of para-hydroxylation sites is 1. The third-order valence-corrected chi connectivity index (χ3v) is 3.93. The molecule has 1 aliphatic heterocycles. The number of nitrogens with one attached hydrogen (secondary N) is 1. The highest BCUT2D eigenvalue weighted by Crippen LogP contribution is 2.26. The molecule has 2 aromatic rings. The Bertz CT molecular complexity index is 783. The number of furan rings is 1. The van der Waals surface area contributed by atoms with Gasteiger partial charge in [-0.1, -0.05) is 18.2 Å². The molecular weight excluding hydrogens is 312 g/mol. The van der Waals surface area contributed by atoms with Crippen molar-refractivity contribution in [1.82, 2.24) is 5.32 Å². The van der Waals surface area contributed by atoms with Gasteiger partial charge in [0.1, 0.15) is 6.04 Å². The molecule has 1 saturated heterocycles. The lowest BCUT2D eigenvalue weighted by Gasteiger charge is -2.21. The van der Waals surface area contributed by atoms with Crippen LogP contribution >= 0.6 is 0 Å². The van der Waals surface area contributed by atoms with Crippen LogP contribution in [0.4, 0.5) is 5.69 Å². The molecule has 0 aliphatic carbocycles. The molecule has 2 atom stereocenters. The molecule has 7 nitrogen and oxygen atoms in total. The molecule has 0 spiro atoms. The molecule has 1 aromatic carbocycles. The van der Waals surface area contributed by atoms with Crippen molar-refractivity contribution >= 4 is 23.5 Å². The summed E-state index contributed by atoms with van der Waals surface area (Å²) in [6.07, 6.45) is 0.464. The number of carboxylic acids is 1. The van der Waals surface area contributed by atoms with Gasteiger partial charge in [-0.25, -0.2) is 4.79 Å². The van der Waals surface area contributed by atoms with Crippen molar-refractivity contribution in [2.24, 2.45) is 0 Å². The summed E-state index contributed by atoms with van der Waals surface area (Å²) in [4.78, 5) is 37.2. The Morgan fingerprint density at radius 2 is 1.83 bits per heavy atom. The SMILES string of the molecule is C[C@@H]1C[C@@H](NC(=O)c2ccc(C(=O)O)o2)C(=O)N1c1ccccc1. The summed E-state index contributed by atoms with van der Waals surface area (Å²) in [6, 6.07) is 11.0. The van der Waals surface area contributed by atoms with Crippen LogP contribution in [-0.2, 0) is 4.79 Å². The molecule has 0 bridgehead atoms. The zero-order valence-corrected chi connectivity index (χ0v) is 12.9. The first-order valence-corrected chi connectivity index (χ1v) is 7.49. The molecule has 0 unspecified atom stereocenters. The minimum Gasteiger partial charge on any atom is -0.475 e. The smallest absolute Gasteiger partial charge is 0.371 e. The average Bonchev–Trinajstić information content (AvgIpc) is 3.14. The third kappa shape index (κ3) is 2.88. The summed E-state index contributed by atoms with van der Waals surface area (Å²) in [7, 11) is 0. The third-order valence-electron chi connectivity index (χ3n) is 3.93. The molecule has 124 valence electrons. The molecule has 2 N–H and O–H groups in total. The quantitative estimate of drug-likeness (QED) is 0.893. The van der Waals surface area contributed by atoms with Gasteiger partial charge >= 0.3 is 5.97 Å². The summed E-state index contributed by atoms with van der Waals surface area (Å²) < 4.78 is 4.95. The van der Waals surface area contributed by atoms with E-state index in [1.54, 1.807) is 4.90 Å². The number of nitrogens with zero attached hydrogens (tertiary/aromatic N) is 1. The van der Waals surface area contributed by atoms with Crippen LogP contribution in [0.25, 0.3) is 0 Å². The topological polar surface area (TPSA) is 99.9 Å². The van der Waals surface area contributed by atoms with E-state index in [1.807, 2.05) is 37.3 Å². The van der Waals surface area contributed by atoms with Gasteiger partial charge in [-0.05, 0) is 37.6 Å². The van der Waals surface area contributed by atoms with Crippen LogP contribution in [0.3, 0.4) is 0 Å². The Hall–Kier alpha value is -3.09. The van der Waals surface area contributed by atoms with E-state index in [9.17, 15) is 14.4 Å². The minimum atomic E-state index is -1.25. The first kappa shape index (κ1) is 15.8. The van der Waals surface area contributed by atoms with E-state index in [0.717, 1.165) is 5.69 Å². The van der Waals surface area contributed by atoms with Gasteiger partial charge in [-0.3, -0.25) is 9.59 Å². The maximum Gasteiger partial charge on any atom is 0.371 e. The van der Waals surface area contributed by atoms with E-state index in [0.29, 0.717) is 6.42 Å². The van der Waals surface area contributed by atoms with Crippen LogP contribution in [0.15, 0.2) is 46.9 Å². The van der Waals surface area contributed by atoms with Crippen molar-refractivity contribution in [2.75, 3.05) is 4.90 Å². The monoisotopic (exact) mass is 328 g/mol. The number of hydrogen-bond donors (Lipinski definition) is 2. The second-order valence-corrected chi connectivity index (χ2v) is 5.62. The van der Waals surface area contributed by atoms with E-state index in [1.165, 1.54) is 12.1 Å². The molecular formula is C17H16N2O5. The molecule has 2 heterocycles. The molecule has 24 heavy (non-hydrogen) atoms. The lowest BCUT2D eigenvalue weighted by atomic mass is 10.2. The minimum absolute atomic E-state index is 0.0589. The summed E-state index contributed by atoms with van der Waals surface area (Å²) >= 11 is 0. The van der Waals surface area contributed by atoms with Gasteiger partial charge in [0.15, 0.2) is 5.76 Å². The van der Waals surface area contributed by atoms with Gasteiger partial charge in [0, 0.05) is 11.7 Å². The maximum absolute atomic E-state index is 12.6. The number of amides is 2. The van der Waals surface area contributed by atoms with Crippen molar-refractivity contribution in [3.8, 4) is 0 Å². The van der Waals surface area contributed by atoms with Gasteiger partial charge in [0.05, 0.1) is 0 Å². The molecule has 1 fully saturated rings. The van der Waals surface area contributed by atoms with Gasteiger partial charge in [0.2, 0.25) is 11.7 Å². The predicted molar refractivity (Wildman–Crippen MR) is 84.9 cm³/mol. The number of rotatable bonds is 4. The van der Waals surface area contributed by atoms with Crippen molar-refractivity contribution in [3.63, 3.8) is 0 Å². The largest absolute Gasteiger partial charge is 0.475 e. The van der Waals surface area contributed by atoms with Crippen LogP contribution in [0.2, 0.25) is 0 Å². The van der Waals surface area contributed by atoms with Crippen LogP contribution < -0.4 is 10.2 Å². The molecule has 1 aliphatic rings. The van der Waals surface area contributed by atoms with E-state index >= 15 is 0 Å². The number of benzene rings is 1. The normalized spacial score (nSPS) is 20.2. The zero-order chi connectivity index (χ0) is 17.3. The van der Waals surface area contributed by atoms with Crippen LogP contribution in [0, 0.1) is 0 Å². The van der Waals surface area contributed by atoms with Crippen LogP contribution in [0.1, 0.15) is 34.5 Å². The Balaban J connectivity index is 1.73. The zero-order valence-electron chi connectivity index (χ0n) is 12.9. The highest BCUT2D eigenvalue weighted by molar-refractivity contribution is 6.04. The number of carboxylic acid groups (broad SMARTS) is 1. The Morgan fingerprint density at radius 3 is 2.46 bits per heavy atom. The van der Waals surface area contributed by atoms with E-state index in [2.05, 4.69) is 5.32 Å². The highest BCUT2D eigenvalue weighted by atomic mass is 16.4. The van der Waals surface area contributed by atoms with E-state index in [4.69, 9.17) is 9.52 Å². The van der Waals surface area contributed by atoms with Crippen molar-refractivity contribution in [2.45, 2.75) is 25.4 Å². The second kappa shape index (κ2) is 6.19. The number of anilines is 1. The highest BCUT2D eigenvalue weighted by Gasteiger charge is 2.39. The first-order chi connectivity index (χ1) is 11.5. The standard InChI is InChI=1S/C17H16N2O5/c1-10-9-12(16(21)19(10)11-5-3-2-4-6-11)18-15(20)13-7-8-14(24-13)17(22)23/h2-8,10,12H,9H2,1H3,(H,18,20)(H,22,23)/t10-,12-/m1/s1. The van der Waals surface area contributed by atoms with Crippen molar-refractivity contribution in [1.29, 1.82) is 0 Å². The summed E-state index contributed by atoms with van der Waals surface area (Å²) in [5.74, 6) is -2.52. The number of hydrogen-bond acceptors (Lipinski definition) is 4. The average molecular weight is 328 g/mol. The van der Waals surface area contributed by atoms with Crippen molar-refractivity contribution in [3.05, 3.63) is 54.0 Å². The molecule has 0 saturated carbocycles. The predicted octanol–water partition coefficient (Wildman–Crippen LogP) is 1.90. The van der Waals surface area contributed by atoms with Crippen LogP contribution in [0.5, 0.6) is 0 Å². The molecule has 0 radical (unpaired) electrons. The Morgan fingerprint density at radius 1 is 1.17 bits per heavy atom. The second-order valence-electron chi connectivity index (χ2n) is 5.62. The lowest BCUT2D eigenvalue weighted by Crippen LogP contribution is -2.41. The summed E-state index contributed by atoms with van der Waals surface area (Å²) in [5.41, 5.74) is 0.776. The first-order valence-electron chi connectivity index (χ1n) is 7.49.